The van der Waals surface area contributed by atoms with Crippen molar-refractivity contribution in [3.63, 3.8) is 0 Å². The summed E-state index contributed by atoms with van der Waals surface area (Å²) in [6.45, 7) is 0.945. The van der Waals surface area contributed by atoms with Crippen LogP contribution in [0.25, 0.3) is 0 Å². The average Bonchev–Trinajstić information content (AvgIpc) is 2.85. The lowest BCUT2D eigenvalue weighted by atomic mass is 10.2. The molecule has 6 heteroatoms. The molecule has 0 radical (unpaired) electrons. The number of aromatic nitrogens is 2. The fourth-order valence-corrected chi connectivity index (χ4v) is 1.84. The molecule has 1 amide bonds. The van der Waals surface area contributed by atoms with Crippen molar-refractivity contribution in [2.45, 2.75) is 6.54 Å². The molecule has 1 aromatic heterocycles. The van der Waals surface area contributed by atoms with E-state index < -0.39 is 11.7 Å². The van der Waals surface area contributed by atoms with Crippen LogP contribution >= 0.6 is 15.9 Å². The maximum Gasteiger partial charge on any atom is 0.254 e. The van der Waals surface area contributed by atoms with Crippen molar-refractivity contribution in [1.29, 1.82) is 0 Å². The number of carbonyl (C=O) groups excluding carboxylic acids is 1. The van der Waals surface area contributed by atoms with E-state index in [4.69, 9.17) is 0 Å². The van der Waals surface area contributed by atoms with E-state index in [-0.39, 0.29) is 5.56 Å². The van der Waals surface area contributed by atoms with Crippen LogP contribution in [0.1, 0.15) is 10.4 Å². The fraction of sp³-hybridized carbons (Fsp3) is 0.167. The molecule has 0 fully saturated rings. The van der Waals surface area contributed by atoms with Crippen LogP contribution in [0.15, 0.2) is 41.1 Å². The van der Waals surface area contributed by atoms with E-state index in [0.29, 0.717) is 17.6 Å². The Morgan fingerprint density at radius 2 is 2.33 bits per heavy atom. The molecule has 2 rings (SSSR count). The van der Waals surface area contributed by atoms with E-state index >= 15 is 0 Å². The number of hydrogen-bond acceptors (Lipinski definition) is 2. The first-order chi connectivity index (χ1) is 8.66. The zero-order valence-corrected chi connectivity index (χ0v) is 11.0. The number of halogens is 2. The standard InChI is InChI=1S/C12H11BrFN3O/c13-9-2-3-11(14)10(8-9)12(18)15-5-7-17-6-1-4-16-17/h1-4,6,8H,5,7H2,(H,15,18). The molecular weight excluding hydrogens is 301 g/mol. The first-order valence-corrected chi connectivity index (χ1v) is 6.17. The van der Waals surface area contributed by atoms with Crippen LogP contribution in [0, 0.1) is 5.82 Å². The SMILES string of the molecule is O=C(NCCn1cccn1)c1cc(Br)ccc1F. The quantitative estimate of drug-likeness (QED) is 0.941. The molecule has 0 bridgehead atoms. The van der Waals surface area contributed by atoms with Crippen LogP contribution < -0.4 is 5.32 Å². The second-order valence-electron chi connectivity index (χ2n) is 3.65. The largest absolute Gasteiger partial charge is 0.350 e. The molecule has 0 aliphatic heterocycles. The minimum atomic E-state index is -0.533. The van der Waals surface area contributed by atoms with Crippen molar-refractivity contribution >= 4 is 21.8 Å². The minimum absolute atomic E-state index is 0.0323. The summed E-state index contributed by atoms with van der Waals surface area (Å²) in [6.07, 6.45) is 3.46. The van der Waals surface area contributed by atoms with Crippen LogP contribution in [-0.2, 0) is 6.54 Å². The third kappa shape index (κ3) is 3.16. The van der Waals surface area contributed by atoms with Crippen molar-refractivity contribution in [3.05, 3.63) is 52.5 Å². The van der Waals surface area contributed by atoms with E-state index in [0.717, 1.165) is 0 Å². The summed E-state index contributed by atoms with van der Waals surface area (Å²) < 4.78 is 15.8. The van der Waals surface area contributed by atoms with Crippen molar-refractivity contribution < 1.29 is 9.18 Å². The van der Waals surface area contributed by atoms with Gasteiger partial charge in [-0.25, -0.2) is 4.39 Å². The van der Waals surface area contributed by atoms with Crippen LogP contribution in [0.5, 0.6) is 0 Å². The number of benzene rings is 1. The highest BCUT2D eigenvalue weighted by Gasteiger charge is 2.11. The molecule has 0 unspecified atom stereocenters. The summed E-state index contributed by atoms with van der Waals surface area (Å²) in [7, 11) is 0. The van der Waals surface area contributed by atoms with Gasteiger partial charge in [-0.3, -0.25) is 9.48 Å². The van der Waals surface area contributed by atoms with Gasteiger partial charge in [0.15, 0.2) is 0 Å². The second kappa shape index (κ2) is 5.77. The van der Waals surface area contributed by atoms with Crippen molar-refractivity contribution in [3.8, 4) is 0 Å². The molecule has 94 valence electrons. The van der Waals surface area contributed by atoms with E-state index in [1.165, 1.54) is 12.1 Å². The van der Waals surface area contributed by atoms with Gasteiger partial charge in [-0.15, -0.1) is 0 Å². The number of carbonyl (C=O) groups is 1. The Morgan fingerprint density at radius 1 is 1.50 bits per heavy atom. The number of nitrogens with zero attached hydrogens (tertiary/aromatic N) is 2. The van der Waals surface area contributed by atoms with Crippen LogP contribution in [0.3, 0.4) is 0 Å². The van der Waals surface area contributed by atoms with Crippen molar-refractivity contribution in [1.82, 2.24) is 15.1 Å². The molecule has 1 N–H and O–H groups in total. The van der Waals surface area contributed by atoms with Gasteiger partial charge in [0.25, 0.3) is 5.91 Å². The highest BCUT2D eigenvalue weighted by molar-refractivity contribution is 9.10. The second-order valence-corrected chi connectivity index (χ2v) is 4.56. The summed E-state index contributed by atoms with van der Waals surface area (Å²) in [5.74, 6) is -0.962. The Kier molecular flexibility index (Phi) is 4.09. The van der Waals surface area contributed by atoms with Gasteiger partial charge in [-0.2, -0.15) is 5.10 Å². The zero-order valence-electron chi connectivity index (χ0n) is 9.44. The molecule has 0 aliphatic rings. The molecular formula is C12H11BrFN3O. The highest BCUT2D eigenvalue weighted by atomic mass is 79.9. The van der Waals surface area contributed by atoms with E-state index in [1.54, 1.807) is 29.2 Å². The lowest BCUT2D eigenvalue weighted by Crippen LogP contribution is -2.28. The molecule has 0 spiro atoms. The lowest BCUT2D eigenvalue weighted by Gasteiger charge is -2.06. The maximum absolute atomic E-state index is 13.4. The predicted octanol–water partition coefficient (Wildman–Crippen LogP) is 2.21. The van der Waals surface area contributed by atoms with Gasteiger partial charge >= 0.3 is 0 Å². The average molecular weight is 312 g/mol. The molecule has 1 aromatic carbocycles. The number of amides is 1. The number of hydrogen-bond donors (Lipinski definition) is 1. The predicted molar refractivity (Wildman–Crippen MR) is 68.7 cm³/mol. The first kappa shape index (κ1) is 12.8. The topological polar surface area (TPSA) is 46.9 Å². The number of rotatable bonds is 4. The third-order valence-corrected chi connectivity index (χ3v) is 2.85. The maximum atomic E-state index is 13.4. The third-order valence-electron chi connectivity index (χ3n) is 2.36. The van der Waals surface area contributed by atoms with Crippen LogP contribution in [0.2, 0.25) is 0 Å². The minimum Gasteiger partial charge on any atom is -0.350 e. The Hall–Kier alpha value is -1.69. The molecule has 0 atom stereocenters. The Labute approximate surface area is 112 Å². The van der Waals surface area contributed by atoms with Gasteiger partial charge < -0.3 is 5.32 Å². The van der Waals surface area contributed by atoms with Gasteiger partial charge in [0.2, 0.25) is 0 Å². The van der Waals surface area contributed by atoms with E-state index in [1.807, 2.05) is 0 Å². The monoisotopic (exact) mass is 311 g/mol. The van der Waals surface area contributed by atoms with Gasteiger partial charge in [-0.1, -0.05) is 15.9 Å². The summed E-state index contributed by atoms with van der Waals surface area (Å²) in [5, 5.41) is 6.65. The normalized spacial score (nSPS) is 10.3. The highest BCUT2D eigenvalue weighted by Crippen LogP contribution is 2.15. The zero-order chi connectivity index (χ0) is 13.0. The summed E-state index contributed by atoms with van der Waals surface area (Å²) in [4.78, 5) is 11.7. The van der Waals surface area contributed by atoms with Gasteiger partial charge in [0.1, 0.15) is 5.82 Å². The molecule has 18 heavy (non-hydrogen) atoms. The van der Waals surface area contributed by atoms with Crippen LogP contribution in [0.4, 0.5) is 4.39 Å². The molecule has 0 saturated carbocycles. The Balaban J connectivity index is 1.93. The lowest BCUT2D eigenvalue weighted by molar-refractivity contribution is 0.0948. The Bertz CT molecular complexity index is 542. The Morgan fingerprint density at radius 3 is 3.06 bits per heavy atom. The summed E-state index contributed by atoms with van der Waals surface area (Å²) in [5.41, 5.74) is 0.0323. The number of nitrogens with one attached hydrogen (secondary N) is 1. The molecule has 4 nitrogen and oxygen atoms in total. The first-order valence-electron chi connectivity index (χ1n) is 5.37. The molecule has 0 aliphatic carbocycles. The van der Waals surface area contributed by atoms with E-state index in [9.17, 15) is 9.18 Å². The molecule has 2 aromatic rings. The summed E-state index contributed by atoms with van der Waals surface area (Å²) in [6, 6.07) is 6.07. The van der Waals surface area contributed by atoms with Gasteiger partial charge in [0, 0.05) is 23.4 Å². The fourth-order valence-electron chi connectivity index (χ4n) is 1.48. The van der Waals surface area contributed by atoms with Gasteiger partial charge in [-0.05, 0) is 24.3 Å². The smallest absolute Gasteiger partial charge is 0.254 e. The van der Waals surface area contributed by atoms with E-state index in [2.05, 4.69) is 26.3 Å². The van der Waals surface area contributed by atoms with Crippen molar-refractivity contribution in [2.24, 2.45) is 0 Å². The van der Waals surface area contributed by atoms with Crippen molar-refractivity contribution in [2.75, 3.05) is 6.54 Å². The molecule has 1 heterocycles. The molecule has 0 saturated heterocycles. The van der Waals surface area contributed by atoms with Gasteiger partial charge in [0.05, 0.1) is 12.1 Å². The van der Waals surface area contributed by atoms with Crippen LogP contribution in [-0.4, -0.2) is 22.2 Å². The summed E-state index contributed by atoms with van der Waals surface area (Å²) >= 11 is 3.20.